The lowest BCUT2D eigenvalue weighted by atomic mass is 10.0. The van der Waals surface area contributed by atoms with E-state index in [4.69, 9.17) is 9.47 Å². The van der Waals surface area contributed by atoms with Gasteiger partial charge in [0.2, 0.25) is 5.69 Å². The Morgan fingerprint density at radius 3 is 1.97 bits per heavy atom. The average molecular weight is 639 g/mol. The Morgan fingerprint density at radius 2 is 1.39 bits per heavy atom. The third-order valence-electron chi connectivity index (χ3n) is 6.99. The van der Waals surface area contributed by atoms with Gasteiger partial charge in [0, 0.05) is 17.7 Å². The molecule has 0 aliphatic carbocycles. The summed E-state index contributed by atoms with van der Waals surface area (Å²) in [4.78, 5) is 12.7. The second-order valence-electron chi connectivity index (χ2n) is 9.97. The van der Waals surface area contributed by atoms with Crippen LogP contribution in [0.15, 0.2) is 42.6 Å². The second kappa shape index (κ2) is 22.0. The highest BCUT2D eigenvalue weighted by atomic mass is 127. The summed E-state index contributed by atoms with van der Waals surface area (Å²) in [5.41, 5.74) is 1.64. The fourth-order valence-electron chi connectivity index (χ4n) is 4.66. The van der Waals surface area contributed by atoms with Crippen LogP contribution in [0.25, 0.3) is 0 Å². The van der Waals surface area contributed by atoms with E-state index >= 15 is 0 Å². The third kappa shape index (κ3) is 13.8. The first kappa shape index (κ1) is 34.2. The van der Waals surface area contributed by atoms with E-state index in [2.05, 4.69) is 23.7 Å². The smallest absolute Gasteiger partial charge is 0.251 e. The first-order valence-electron chi connectivity index (χ1n) is 14.8. The molecule has 1 aromatic carbocycles. The molecule has 0 atom stereocenters. The van der Waals surface area contributed by atoms with Gasteiger partial charge in [-0.15, -0.1) is 0 Å². The number of nitrogens with zero attached hydrogens (tertiary/aromatic N) is 1. The second-order valence-corrected chi connectivity index (χ2v) is 9.97. The molecule has 0 bridgehead atoms. The normalized spacial score (nSPS) is 10.6. The predicted molar refractivity (Wildman–Crippen MR) is 152 cm³/mol. The third-order valence-corrected chi connectivity index (χ3v) is 6.99. The Balaban J connectivity index is 0.00000722. The molecule has 0 aliphatic rings. The molecule has 2 aromatic rings. The number of pyridine rings is 1. The quantitative estimate of drug-likeness (QED) is 0.122. The van der Waals surface area contributed by atoms with Gasteiger partial charge in [-0.3, -0.25) is 4.79 Å². The van der Waals surface area contributed by atoms with Crippen LogP contribution in [0.2, 0.25) is 0 Å². The van der Waals surface area contributed by atoms with Gasteiger partial charge in [0.05, 0.1) is 13.7 Å². The van der Waals surface area contributed by atoms with Crippen molar-refractivity contribution in [2.75, 3.05) is 13.7 Å². The molecule has 38 heavy (non-hydrogen) atoms. The number of ether oxygens (including phenoxy) is 2. The largest absolute Gasteiger partial charge is 1.00 e. The molecule has 6 heteroatoms. The first-order valence-corrected chi connectivity index (χ1v) is 14.8. The lowest BCUT2D eigenvalue weighted by molar-refractivity contribution is -0.701. The molecule has 0 saturated carbocycles. The minimum absolute atomic E-state index is 0. The van der Waals surface area contributed by atoms with Crippen molar-refractivity contribution in [3.8, 4) is 11.5 Å². The van der Waals surface area contributed by atoms with Crippen LogP contribution < -0.4 is 43.3 Å². The maximum atomic E-state index is 12.7. The van der Waals surface area contributed by atoms with Crippen LogP contribution >= 0.6 is 0 Å². The number of benzene rings is 1. The van der Waals surface area contributed by atoms with Crippen molar-refractivity contribution in [1.82, 2.24) is 5.32 Å². The zero-order chi connectivity index (χ0) is 26.6. The average Bonchev–Trinajstić information content (AvgIpc) is 2.93. The number of methoxy groups -OCH3 is 1. The summed E-state index contributed by atoms with van der Waals surface area (Å²) in [5.74, 6) is 1.17. The van der Waals surface area contributed by atoms with Gasteiger partial charge in [-0.05, 0) is 31.5 Å². The van der Waals surface area contributed by atoms with E-state index in [0.717, 1.165) is 18.7 Å². The van der Waals surface area contributed by atoms with Crippen molar-refractivity contribution >= 4 is 5.91 Å². The van der Waals surface area contributed by atoms with Crippen molar-refractivity contribution in [3.63, 3.8) is 0 Å². The molecule has 2 rings (SSSR count). The molecule has 1 amide bonds. The first-order chi connectivity index (χ1) is 18.2. The summed E-state index contributed by atoms with van der Waals surface area (Å²) in [6.07, 6.45) is 20.8. The summed E-state index contributed by atoms with van der Waals surface area (Å²) in [6.45, 7) is 6.39. The zero-order valence-corrected chi connectivity index (χ0v) is 26.3. The number of aromatic nitrogens is 1. The number of hydrogen-bond acceptors (Lipinski definition) is 3. The standard InChI is InChI=1S/C32H50N2O3.HI/c1-4-6-7-8-9-10-11-12-13-14-15-16-17-20-25-37-30-23-22-28(26-31(30)36-3)32(35)33-27-29-21-18-19-24-34(29)5-2;/h18-19,21-24,26H,4-17,20,25,27H2,1-3H3;1H. The molecule has 0 aliphatic heterocycles. The SMILES string of the molecule is CCCCCCCCCCCCCCCCOc1ccc(C(=O)NCc2cccc[n+]2CC)cc1OC.[I-]. The van der Waals surface area contributed by atoms with Crippen LogP contribution in [0.1, 0.15) is 120 Å². The van der Waals surface area contributed by atoms with E-state index in [-0.39, 0.29) is 29.9 Å². The van der Waals surface area contributed by atoms with Crippen LogP contribution in [0.5, 0.6) is 11.5 Å². The summed E-state index contributed by atoms with van der Waals surface area (Å²) in [7, 11) is 1.62. The Labute approximate surface area is 249 Å². The maximum absolute atomic E-state index is 12.7. The van der Waals surface area contributed by atoms with Gasteiger partial charge >= 0.3 is 0 Å². The monoisotopic (exact) mass is 638 g/mol. The molecule has 0 saturated heterocycles. The van der Waals surface area contributed by atoms with Gasteiger partial charge in [0.25, 0.3) is 5.91 Å². The number of aryl methyl sites for hydroxylation is 1. The number of rotatable bonds is 21. The number of carbonyl (C=O) groups excluding carboxylic acids is 1. The summed E-state index contributed by atoms with van der Waals surface area (Å²) in [5, 5.41) is 3.00. The highest BCUT2D eigenvalue weighted by Gasteiger charge is 2.14. The van der Waals surface area contributed by atoms with E-state index in [1.165, 1.54) is 83.5 Å². The van der Waals surface area contributed by atoms with E-state index in [1.54, 1.807) is 19.2 Å². The minimum Gasteiger partial charge on any atom is -1.00 e. The highest BCUT2D eigenvalue weighted by Crippen LogP contribution is 2.28. The Bertz CT molecular complexity index is 891. The van der Waals surface area contributed by atoms with Gasteiger partial charge in [-0.25, -0.2) is 4.57 Å². The van der Waals surface area contributed by atoms with Gasteiger partial charge in [0.1, 0.15) is 13.1 Å². The van der Waals surface area contributed by atoms with Gasteiger partial charge in [-0.1, -0.05) is 96.5 Å². The number of amides is 1. The maximum Gasteiger partial charge on any atom is 0.251 e. The van der Waals surface area contributed by atoms with Crippen molar-refractivity contribution in [2.45, 2.75) is 117 Å². The summed E-state index contributed by atoms with van der Waals surface area (Å²) in [6, 6.07) is 11.4. The molecule has 0 fully saturated rings. The fraction of sp³-hybridized carbons (Fsp3) is 0.625. The topological polar surface area (TPSA) is 51.4 Å². The number of hydrogen-bond donors (Lipinski definition) is 1. The van der Waals surface area contributed by atoms with Crippen molar-refractivity contribution < 1.29 is 42.8 Å². The molecule has 1 aromatic heterocycles. The lowest BCUT2D eigenvalue weighted by Crippen LogP contribution is -3.00. The fourth-order valence-corrected chi connectivity index (χ4v) is 4.66. The zero-order valence-electron chi connectivity index (χ0n) is 24.1. The molecule has 0 unspecified atom stereocenters. The van der Waals surface area contributed by atoms with E-state index in [1.807, 2.05) is 30.5 Å². The van der Waals surface area contributed by atoms with Crippen LogP contribution in [0.4, 0.5) is 0 Å². The molecule has 1 N–H and O–H groups in total. The number of halogens is 1. The van der Waals surface area contributed by atoms with E-state index in [0.29, 0.717) is 30.2 Å². The van der Waals surface area contributed by atoms with Crippen molar-refractivity contribution in [1.29, 1.82) is 0 Å². The number of nitrogens with one attached hydrogen (secondary N) is 1. The van der Waals surface area contributed by atoms with Crippen LogP contribution in [-0.2, 0) is 13.1 Å². The Kier molecular flexibility index (Phi) is 19.8. The van der Waals surface area contributed by atoms with Gasteiger partial charge < -0.3 is 38.8 Å². The molecular formula is C32H51IN2O3. The van der Waals surface area contributed by atoms with Gasteiger partial charge in [-0.2, -0.15) is 0 Å². The molecule has 1 heterocycles. The minimum atomic E-state index is -0.122. The van der Waals surface area contributed by atoms with E-state index in [9.17, 15) is 4.79 Å². The van der Waals surface area contributed by atoms with Crippen LogP contribution in [0, 0.1) is 0 Å². The Morgan fingerprint density at radius 1 is 0.789 bits per heavy atom. The molecule has 214 valence electrons. The van der Waals surface area contributed by atoms with E-state index < -0.39 is 0 Å². The van der Waals surface area contributed by atoms with Crippen LogP contribution in [0.3, 0.4) is 0 Å². The molecule has 5 nitrogen and oxygen atoms in total. The predicted octanol–water partition coefficient (Wildman–Crippen LogP) is 4.80. The number of carbonyl (C=O) groups is 1. The van der Waals surface area contributed by atoms with Crippen LogP contribution in [-0.4, -0.2) is 19.6 Å². The highest BCUT2D eigenvalue weighted by molar-refractivity contribution is 5.94. The Hall–Kier alpha value is -1.83. The molecular weight excluding hydrogens is 587 g/mol. The van der Waals surface area contributed by atoms with Crippen molar-refractivity contribution in [3.05, 3.63) is 53.9 Å². The molecule has 0 radical (unpaired) electrons. The van der Waals surface area contributed by atoms with Crippen molar-refractivity contribution in [2.24, 2.45) is 0 Å². The summed E-state index contributed by atoms with van der Waals surface area (Å²) >= 11 is 0. The lowest BCUT2D eigenvalue weighted by Gasteiger charge is -2.12. The number of unbranched alkanes of at least 4 members (excludes halogenated alkanes) is 13. The van der Waals surface area contributed by atoms with Gasteiger partial charge in [0.15, 0.2) is 17.7 Å². The summed E-state index contributed by atoms with van der Waals surface area (Å²) < 4.78 is 13.6. The molecule has 0 spiro atoms.